The molecule has 0 saturated carbocycles. The van der Waals surface area contributed by atoms with Crippen LogP contribution in [0, 0.1) is 19.8 Å². The lowest BCUT2D eigenvalue weighted by Crippen LogP contribution is -2.30. The Labute approximate surface area is 143 Å². The minimum absolute atomic E-state index is 0.0207. The smallest absolute Gasteiger partial charge is 0.233 e. The highest BCUT2D eigenvalue weighted by Gasteiger charge is 2.37. The molecule has 0 N–H and O–H groups in total. The van der Waals surface area contributed by atoms with Gasteiger partial charge in [0.15, 0.2) is 0 Å². The molecule has 2 aromatic carbocycles. The highest BCUT2D eigenvalue weighted by atomic mass is 16.2. The number of rotatable bonds is 5. The molecule has 1 aliphatic rings. The van der Waals surface area contributed by atoms with Gasteiger partial charge in [0, 0.05) is 12.3 Å². The third-order valence-electron chi connectivity index (χ3n) is 4.70. The largest absolute Gasteiger partial charge is 0.278 e. The standard InChI is InChI=1S/C21H23NO2/c1-15-3-7-17(8-4-15)11-12-19-13-20(23)22(21(19)24)14-18-9-5-16(2)6-10-18/h3-10,19H,11-14H2,1-2H3/t19-/m1/s1. The van der Waals surface area contributed by atoms with E-state index in [-0.39, 0.29) is 17.7 Å². The lowest BCUT2D eigenvalue weighted by Gasteiger charge is -2.15. The third kappa shape index (κ3) is 3.73. The molecule has 3 heteroatoms. The molecule has 0 aromatic heterocycles. The van der Waals surface area contributed by atoms with Crippen LogP contribution in [0.15, 0.2) is 48.5 Å². The fourth-order valence-electron chi connectivity index (χ4n) is 3.11. The molecule has 1 fully saturated rings. The SMILES string of the molecule is Cc1ccc(CC[C@@H]2CC(=O)N(Cc3ccc(C)cc3)C2=O)cc1. The predicted octanol–water partition coefficient (Wildman–Crippen LogP) is 3.81. The van der Waals surface area contributed by atoms with E-state index in [1.807, 2.05) is 31.2 Å². The van der Waals surface area contributed by atoms with Gasteiger partial charge >= 0.3 is 0 Å². The molecule has 1 saturated heterocycles. The van der Waals surface area contributed by atoms with E-state index >= 15 is 0 Å². The molecule has 1 atom stereocenters. The van der Waals surface area contributed by atoms with Crippen LogP contribution in [0.25, 0.3) is 0 Å². The van der Waals surface area contributed by atoms with E-state index in [1.165, 1.54) is 21.6 Å². The van der Waals surface area contributed by atoms with Crippen LogP contribution in [0.1, 0.15) is 35.1 Å². The summed E-state index contributed by atoms with van der Waals surface area (Å²) in [7, 11) is 0. The van der Waals surface area contributed by atoms with Crippen molar-refractivity contribution in [2.24, 2.45) is 5.92 Å². The minimum atomic E-state index is -0.177. The number of hydrogen-bond donors (Lipinski definition) is 0. The summed E-state index contributed by atoms with van der Waals surface area (Å²) >= 11 is 0. The zero-order valence-corrected chi connectivity index (χ0v) is 14.3. The molecule has 0 aliphatic carbocycles. The van der Waals surface area contributed by atoms with E-state index in [1.54, 1.807) is 0 Å². The van der Waals surface area contributed by atoms with Crippen LogP contribution in [0.4, 0.5) is 0 Å². The van der Waals surface area contributed by atoms with Gasteiger partial charge in [0.2, 0.25) is 11.8 Å². The van der Waals surface area contributed by atoms with Crippen LogP contribution >= 0.6 is 0 Å². The van der Waals surface area contributed by atoms with Crippen LogP contribution in [0.2, 0.25) is 0 Å². The summed E-state index contributed by atoms with van der Waals surface area (Å²) in [6.45, 7) is 4.47. The van der Waals surface area contributed by atoms with E-state index in [0.29, 0.717) is 13.0 Å². The van der Waals surface area contributed by atoms with E-state index in [2.05, 4.69) is 31.2 Å². The summed E-state index contributed by atoms with van der Waals surface area (Å²) in [6.07, 6.45) is 1.91. The van der Waals surface area contributed by atoms with Gasteiger partial charge in [-0.25, -0.2) is 0 Å². The normalized spacial score (nSPS) is 17.6. The molecule has 0 spiro atoms. The maximum absolute atomic E-state index is 12.6. The van der Waals surface area contributed by atoms with Crippen molar-refractivity contribution in [3.05, 3.63) is 70.8 Å². The molecule has 1 aliphatic heterocycles. The molecule has 124 valence electrons. The lowest BCUT2D eigenvalue weighted by molar-refractivity contribution is -0.140. The number of imide groups is 1. The topological polar surface area (TPSA) is 37.4 Å². The molecular weight excluding hydrogens is 298 g/mol. The Hall–Kier alpha value is -2.42. The number of carbonyl (C=O) groups excluding carboxylic acids is 2. The van der Waals surface area contributed by atoms with Crippen LogP contribution in [-0.4, -0.2) is 16.7 Å². The van der Waals surface area contributed by atoms with Crippen molar-refractivity contribution in [2.45, 2.75) is 39.7 Å². The second-order valence-electron chi connectivity index (χ2n) is 6.73. The average molecular weight is 321 g/mol. The van der Waals surface area contributed by atoms with Gasteiger partial charge in [-0.1, -0.05) is 59.7 Å². The summed E-state index contributed by atoms with van der Waals surface area (Å²) in [5, 5.41) is 0. The Bertz CT molecular complexity index is 731. The first-order valence-electron chi connectivity index (χ1n) is 8.48. The molecule has 0 unspecified atom stereocenters. The molecule has 1 heterocycles. The zero-order chi connectivity index (χ0) is 17.1. The van der Waals surface area contributed by atoms with Crippen molar-refractivity contribution < 1.29 is 9.59 Å². The fraction of sp³-hybridized carbons (Fsp3) is 0.333. The van der Waals surface area contributed by atoms with Crippen LogP contribution in [-0.2, 0) is 22.6 Å². The monoisotopic (exact) mass is 321 g/mol. The molecule has 2 aromatic rings. The number of nitrogens with zero attached hydrogens (tertiary/aromatic N) is 1. The van der Waals surface area contributed by atoms with Gasteiger partial charge in [0.1, 0.15) is 0 Å². The number of benzene rings is 2. The van der Waals surface area contributed by atoms with Crippen molar-refractivity contribution >= 4 is 11.8 Å². The van der Waals surface area contributed by atoms with Crippen molar-refractivity contribution in [3.8, 4) is 0 Å². The molecule has 2 amide bonds. The van der Waals surface area contributed by atoms with Gasteiger partial charge in [-0.15, -0.1) is 0 Å². The van der Waals surface area contributed by atoms with Gasteiger partial charge in [-0.2, -0.15) is 0 Å². The highest BCUT2D eigenvalue weighted by molar-refractivity contribution is 6.03. The van der Waals surface area contributed by atoms with Crippen molar-refractivity contribution in [3.63, 3.8) is 0 Å². The van der Waals surface area contributed by atoms with Crippen LogP contribution < -0.4 is 0 Å². The molecule has 24 heavy (non-hydrogen) atoms. The van der Waals surface area contributed by atoms with Gasteiger partial charge in [0.25, 0.3) is 0 Å². The molecule has 3 nitrogen and oxygen atoms in total. The highest BCUT2D eigenvalue weighted by Crippen LogP contribution is 2.26. The lowest BCUT2D eigenvalue weighted by atomic mass is 9.97. The second kappa shape index (κ2) is 7.00. The number of likely N-dealkylation sites (tertiary alicyclic amines) is 1. The molecule has 3 rings (SSSR count). The van der Waals surface area contributed by atoms with Gasteiger partial charge in [-0.05, 0) is 37.8 Å². The zero-order valence-electron chi connectivity index (χ0n) is 14.3. The van der Waals surface area contributed by atoms with Gasteiger partial charge in [-0.3, -0.25) is 14.5 Å². The third-order valence-corrected chi connectivity index (χ3v) is 4.70. The van der Waals surface area contributed by atoms with Crippen LogP contribution in [0.5, 0.6) is 0 Å². The summed E-state index contributed by atoms with van der Waals surface area (Å²) in [4.78, 5) is 26.2. The number of hydrogen-bond acceptors (Lipinski definition) is 2. The Balaban J connectivity index is 1.61. The maximum Gasteiger partial charge on any atom is 0.233 e. The van der Waals surface area contributed by atoms with Gasteiger partial charge in [0.05, 0.1) is 6.54 Å². The van der Waals surface area contributed by atoms with Gasteiger partial charge < -0.3 is 0 Å². The summed E-state index contributed by atoms with van der Waals surface area (Å²) in [5.74, 6) is -0.244. The van der Waals surface area contributed by atoms with Crippen LogP contribution in [0.3, 0.4) is 0 Å². The second-order valence-corrected chi connectivity index (χ2v) is 6.73. The Morgan fingerprint density at radius 2 is 1.42 bits per heavy atom. The summed E-state index contributed by atoms with van der Waals surface area (Å²) < 4.78 is 0. The average Bonchev–Trinajstić information content (AvgIpc) is 2.84. The summed E-state index contributed by atoms with van der Waals surface area (Å²) in [5.41, 5.74) is 4.63. The van der Waals surface area contributed by atoms with Crippen molar-refractivity contribution in [1.29, 1.82) is 0 Å². The quantitative estimate of drug-likeness (QED) is 0.785. The van der Waals surface area contributed by atoms with E-state index in [9.17, 15) is 9.59 Å². The van der Waals surface area contributed by atoms with E-state index in [4.69, 9.17) is 0 Å². The first-order valence-corrected chi connectivity index (χ1v) is 8.48. The Morgan fingerprint density at radius 3 is 2.00 bits per heavy atom. The molecule has 0 bridgehead atoms. The number of amides is 2. The number of aryl methyl sites for hydroxylation is 3. The maximum atomic E-state index is 12.6. The molecule has 0 radical (unpaired) electrons. The van der Waals surface area contributed by atoms with E-state index in [0.717, 1.165) is 18.4 Å². The predicted molar refractivity (Wildman–Crippen MR) is 94.3 cm³/mol. The first kappa shape index (κ1) is 16.4. The minimum Gasteiger partial charge on any atom is -0.278 e. The number of carbonyl (C=O) groups is 2. The van der Waals surface area contributed by atoms with Crippen molar-refractivity contribution in [1.82, 2.24) is 4.90 Å². The van der Waals surface area contributed by atoms with Crippen molar-refractivity contribution in [2.75, 3.05) is 0 Å². The first-order chi connectivity index (χ1) is 11.5. The summed E-state index contributed by atoms with van der Waals surface area (Å²) in [6, 6.07) is 16.3. The Morgan fingerprint density at radius 1 is 0.875 bits per heavy atom. The van der Waals surface area contributed by atoms with E-state index < -0.39 is 0 Å². The fourth-order valence-corrected chi connectivity index (χ4v) is 3.11. The molecular formula is C21H23NO2. The Kier molecular flexibility index (Phi) is 4.79.